The summed E-state index contributed by atoms with van der Waals surface area (Å²) in [6.45, 7) is 0. The SMILES string of the molecule is O=C(O)c1cccc(-c2nnc(-c3ccc(Br)s3)o2)c1. The molecule has 0 radical (unpaired) electrons. The molecule has 20 heavy (non-hydrogen) atoms. The number of thiophene rings is 1. The smallest absolute Gasteiger partial charge is 0.335 e. The van der Waals surface area contributed by atoms with Crippen LogP contribution in [-0.4, -0.2) is 21.3 Å². The lowest BCUT2D eigenvalue weighted by molar-refractivity contribution is 0.0697. The fourth-order valence-corrected chi connectivity index (χ4v) is 2.96. The van der Waals surface area contributed by atoms with Crippen molar-refractivity contribution in [1.82, 2.24) is 10.2 Å². The minimum atomic E-state index is -0.992. The molecule has 1 N–H and O–H groups in total. The fraction of sp³-hybridized carbons (Fsp3) is 0. The molecule has 100 valence electrons. The molecule has 3 rings (SSSR count). The third-order valence-electron chi connectivity index (χ3n) is 2.57. The number of hydrogen-bond acceptors (Lipinski definition) is 5. The number of hydrogen-bond donors (Lipinski definition) is 1. The first kappa shape index (κ1) is 13.0. The standard InChI is InChI=1S/C13H7BrN2O3S/c14-10-5-4-9(20-10)12-16-15-11(19-12)7-2-1-3-8(6-7)13(17)18/h1-6H,(H,17,18). The van der Waals surface area contributed by atoms with Crippen LogP contribution >= 0.6 is 27.3 Å². The molecule has 0 aliphatic carbocycles. The van der Waals surface area contributed by atoms with Crippen LogP contribution in [0.5, 0.6) is 0 Å². The maximum Gasteiger partial charge on any atom is 0.335 e. The van der Waals surface area contributed by atoms with Gasteiger partial charge in [-0.3, -0.25) is 0 Å². The highest BCUT2D eigenvalue weighted by Gasteiger charge is 2.13. The van der Waals surface area contributed by atoms with Crippen LogP contribution in [-0.2, 0) is 0 Å². The Morgan fingerprint density at radius 3 is 2.70 bits per heavy atom. The second kappa shape index (κ2) is 5.18. The zero-order valence-corrected chi connectivity index (χ0v) is 12.3. The van der Waals surface area contributed by atoms with E-state index in [2.05, 4.69) is 26.1 Å². The molecule has 0 atom stereocenters. The molecule has 3 aromatic rings. The van der Waals surface area contributed by atoms with Crippen LogP contribution in [0.3, 0.4) is 0 Å². The molecule has 0 bridgehead atoms. The van der Waals surface area contributed by atoms with Crippen molar-refractivity contribution < 1.29 is 14.3 Å². The number of carboxylic acids is 1. The Labute approximate surface area is 126 Å². The number of aromatic carboxylic acids is 1. The van der Waals surface area contributed by atoms with E-state index in [1.807, 2.05) is 12.1 Å². The molecule has 0 aliphatic heterocycles. The van der Waals surface area contributed by atoms with E-state index in [1.54, 1.807) is 12.1 Å². The van der Waals surface area contributed by atoms with Gasteiger partial charge in [-0.1, -0.05) is 6.07 Å². The predicted octanol–water partition coefficient (Wildman–Crippen LogP) is 3.93. The van der Waals surface area contributed by atoms with Crippen molar-refractivity contribution >= 4 is 33.2 Å². The predicted molar refractivity (Wildman–Crippen MR) is 77.7 cm³/mol. The summed E-state index contributed by atoms with van der Waals surface area (Å²) in [5.74, 6) is -0.280. The monoisotopic (exact) mass is 350 g/mol. The number of rotatable bonds is 3. The highest BCUT2D eigenvalue weighted by Crippen LogP contribution is 2.32. The maximum atomic E-state index is 10.9. The van der Waals surface area contributed by atoms with E-state index in [0.717, 1.165) is 8.66 Å². The van der Waals surface area contributed by atoms with Gasteiger partial charge in [-0.05, 0) is 46.3 Å². The first-order chi connectivity index (χ1) is 9.63. The third-order valence-corrected chi connectivity index (χ3v) is 4.18. The van der Waals surface area contributed by atoms with Crippen LogP contribution in [0.2, 0.25) is 0 Å². The van der Waals surface area contributed by atoms with Crippen molar-refractivity contribution in [2.45, 2.75) is 0 Å². The van der Waals surface area contributed by atoms with Gasteiger partial charge in [-0.2, -0.15) is 0 Å². The van der Waals surface area contributed by atoms with E-state index in [1.165, 1.54) is 23.5 Å². The number of halogens is 1. The number of nitrogens with zero attached hydrogens (tertiary/aromatic N) is 2. The molecule has 0 saturated heterocycles. The Balaban J connectivity index is 1.98. The zero-order valence-electron chi connectivity index (χ0n) is 9.91. The van der Waals surface area contributed by atoms with Gasteiger partial charge in [0.2, 0.25) is 5.89 Å². The maximum absolute atomic E-state index is 10.9. The Morgan fingerprint density at radius 2 is 2.00 bits per heavy atom. The van der Waals surface area contributed by atoms with Crippen molar-refractivity contribution in [3.8, 4) is 22.2 Å². The molecule has 2 heterocycles. The van der Waals surface area contributed by atoms with Crippen molar-refractivity contribution in [3.63, 3.8) is 0 Å². The minimum Gasteiger partial charge on any atom is -0.478 e. The molecule has 7 heteroatoms. The van der Waals surface area contributed by atoms with E-state index < -0.39 is 5.97 Å². The van der Waals surface area contributed by atoms with Gasteiger partial charge in [0.05, 0.1) is 14.2 Å². The third kappa shape index (κ3) is 2.50. The second-order valence-corrected chi connectivity index (χ2v) is 6.37. The summed E-state index contributed by atoms with van der Waals surface area (Å²) in [5.41, 5.74) is 0.764. The molecule has 2 aromatic heterocycles. The van der Waals surface area contributed by atoms with Crippen molar-refractivity contribution in [3.05, 3.63) is 45.7 Å². The van der Waals surface area contributed by atoms with E-state index in [-0.39, 0.29) is 5.56 Å². The van der Waals surface area contributed by atoms with Gasteiger partial charge in [0.1, 0.15) is 0 Å². The van der Waals surface area contributed by atoms with Gasteiger partial charge in [0.25, 0.3) is 5.89 Å². The zero-order chi connectivity index (χ0) is 14.1. The van der Waals surface area contributed by atoms with Gasteiger partial charge >= 0.3 is 5.97 Å². The normalized spacial score (nSPS) is 10.7. The quantitative estimate of drug-likeness (QED) is 0.774. The first-order valence-electron chi connectivity index (χ1n) is 5.56. The summed E-state index contributed by atoms with van der Waals surface area (Å²) in [5, 5.41) is 16.9. The van der Waals surface area contributed by atoms with Crippen molar-refractivity contribution in [2.75, 3.05) is 0 Å². The van der Waals surface area contributed by atoms with Crippen LogP contribution in [0.4, 0.5) is 0 Å². The summed E-state index contributed by atoms with van der Waals surface area (Å²) in [6, 6.07) is 10.2. The van der Waals surface area contributed by atoms with Gasteiger partial charge in [-0.25, -0.2) is 4.79 Å². The molecule has 0 spiro atoms. The van der Waals surface area contributed by atoms with E-state index >= 15 is 0 Å². The molecule has 0 saturated carbocycles. The van der Waals surface area contributed by atoms with Crippen molar-refractivity contribution in [1.29, 1.82) is 0 Å². The van der Waals surface area contributed by atoms with E-state index in [4.69, 9.17) is 9.52 Å². The molecule has 0 aliphatic rings. The minimum absolute atomic E-state index is 0.182. The van der Waals surface area contributed by atoms with Crippen LogP contribution in [0.1, 0.15) is 10.4 Å². The lowest BCUT2D eigenvalue weighted by Gasteiger charge is -1.97. The van der Waals surface area contributed by atoms with E-state index in [9.17, 15) is 4.79 Å². The summed E-state index contributed by atoms with van der Waals surface area (Å²) < 4.78 is 6.55. The second-order valence-electron chi connectivity index (χ2n) is 3.90. The van der Waals surface area contributed by atoms with Gasteiger partial charge in [0, 0.05) is 5.56 Å². The summed E-state index contributed by atoms with van der Waals surface area (Å²) >= 11 is 4.85. The van der Waals surface area contributed by atoms with Crippen LogP contribution < -0.4 is 0 Å². The van der Waals surface area contributed by atoms with Gasteiger partial charge in [-0.15, -0.1) is 21.5 Å². The topological polar surface area (TPSA) is 76.2 Å². The largest absolute Gasteiger partial charge is 0.478 e. The number of benzene rings is 1. The number of carbonyl (C=O) groups is 1. The van der Waals surface area contributed by atoms with Crippen LogP contribution in [0, 0.1) is 0 Å². The molecule has 0 fully saturated rings. The summed E-state index contributed by atoms with van der Waals surface area (Å²) in [7, 11) is 0. The molecule has 5 nitrogen and oxygen atoms in total. The number of carboxylic acid groups (broad SMARTS) is 1. The average Bonchev–Trinajstić information content (AvgIpc) is 3.07. The Bertz CT molecular complexity index is 781. The Kier molecular flexibility index (Phi) is 3.37. The summed E-state index contributed by atoms with van der Waals surface area (Å²) in [4.78, 5) is 11.8. The Morgan fingerprint density at radius 1 is 1.20 bits per heavy atom. The highest BCUT2D eigenvalue weighted by atomic mass is 79.9. The average molecular weight is 351 g/mol. The molecular formula is C13H7BrN2O3S. The molecule has 0 unspecified atom stereocenters. The van der Waals surface area contributed by atoms with Gasteiger partial charge in [0.15, 0.2) is 0 Å². The number of aromatic nitrogens is 2. The molecular weight excluding hydrogens is 344 g/mol. The summed E-state index contributed by atoms with van der Waals surface area (Å²) in [6.07, 6.45) is 0. The van der Waals surface area contributed by atoms with Crippen LogP contribution in [0.15, 0.2) is 44.6 Å². The fourth-order valence-electron chi connectivity index (χ4n) is 1.65. The Hall–Kier alpha value is -1.99. The van der Waals surface area contributed by atoms with E-state index in [0.29, 0.717) is 17.3 Å². The highest BCUT2D eigenvalue weighted by molar-refractivity contribution is 9.11. The lowest BCUT2D eigenvalue weighted by Crippen LogP contribution is -1.95. The van der Waals surface area contributed by atoms with Crippen molar-refractivity contribution in [2.24, 2.45) is 0 Å². The van der Waals surface area contributed by atoms with Crippen LogP contribution in [0.25, 0.3) is 22.2 Å². The molecule has 0 amide bonds. The first-order valence-corrected chi connectivity index (χ1v) is 7.17. The lowest BCUT2D eigenvalue weighted by atomic mass is 10.1. The molecule has 1 aromatic carbocycles. The van der Waals surface area contributed by atoms with Gasteiger partial charge < -0.3 is 9.52 Å².